The van der Waals surface area contributed by atoms with Crippen molar-refractivity contribution in [1.82, 2.24) is 25.5 Å². The summed E-state index contributed by atoms with van der Waals surface area (Å²) in [5.41, 5.74) is -0.165. The molecule has 0 spiro atoms. The van der Waals surface area contributed by atoms with Crippen LogP contribution in [0.4, 0.5) is 4.79 Å². The molecule has 0 saturated carbocycles. The Morgan fingerprint density at radius 1 is 1.26 bits per heavy atom. The van der Waals surface area contributed by atoms with Crippen LogP contribution in [0.5, 0.6) is 0 Å². The number of rotatable bonds is 3. The van der Waals surface area contributed by atoms with Crippen molar-refractivity contribution in [3.05, 3.63) is 60.2 Å². The van der Waals surface area contributed by atoms with Gasteiger partial charge in [-0.3, -0.25) is 20.1 Å². The Morgan fingerprint density at radius 3 is 2.71 bits per heavy atom. The predicted molar refractivity (Wildman–Crippen MR) is 118 cm³/mol. The molecule has 2 fully saturated rings. The third-order valence-corrected chi connectivity index (χ3v) is 6.56. The highest BCUT2D eigenvalue weighted by atomic mass is 32.2. The highest BCUT2D eigenvalue weighted by molar-refractivity contribution is 7.99. The van der Waals surface area contributed by atoms with Crippen LogP contribution in [0.3, 0.4) is 0 Å². The normalized spacial score (nSPS) is 25.6. The van der Waals surface area contributed by atoms with Crippen molar-refractivity contribution in [2.75, 3.05) is 18.8 Å². The van der Waals surface area contributed by atoms with E-state index in [1.54, 1.807) is 47.4 Å². The summed E-state index contributed by atoms with van der Waals surface area (Å²) in [6.45, 7) is 6.51. The van der Waals surface area contributed by atoms with Crippen molar-refractivity contribution in [3.8, 4) is 0 Å². The molecule has 31 heavy (non-hydrogen) atoms. The van der Waals surface area contributed by atoms with Gasteiger partial charge in [0.1, 0.15) is 11.1 Å². The predicted octanol–water partition coefficient (Wildman–Crippen LogP) is 2.59. The fourth-order valence-corrected chi connectivity index (χ4v) is 5.29. The number of benzene rings is 1. The van der Waals surface area contributed by atoms with Gasteiger partial charge in [-0.05, 0) is 32.9 Å². The van der Waals surface area contributed by atoms with E-state index in [1.807, 2.05) is 39.0 Å². The van der Waals surface area contributed by atoms with Gasteiger partial charge in [-0.1, -0.05) is 18.2 Å². The number of nitrogens with one attached hydrogen (secondary N) is 2. The number of likely N-dealkylation sites (tertiary alicyclic amines) is 1. The summed E-state index contributed by atoms with van der Waals surface area (Å²) in [5.74, 6) is 0.703. The first-order valence-electron chi connectivity index (χ1n) is 10.3. The molecular formula is C22H27N5O3S. The average Bonchev–Trinajstić information content (AvgIpc) is 3.14. The summed E-state index contributed by atoms with van der Waals surface area (Å²) >= 11 is 1.61. The summed E-state index contributed by atoms with van der Waals surface area (Å²) < 4.78 is 5.60. The third-order valence-electron chi connectivity index (χ3n) is 5.40. The Bertz CT molecular complexity index is 937. The molecule has 3 heterocycles. The topological polar surface area (TPSA) is 96.5 Å². The van der Waals surface area contributed by atoms with Crippen LogP contribution in [0.1, 0.15) is 36.8 Å². The number of amides is 2. The van der Waals surface area contributed by atoms with E-state index in [9.17, 15) is 9.59 Å². The number of ether oxygens (including phenoxy) is 1. The minimum absolute atomic E-state index is 0.103. The Hall–Kier alpha value is -2.65. The maximum Gasteiger partial charge on any atom is 0.410 e. The molecule has 2 amide bonds. The van der Waals surface area contributed by atoms with Gasteiger partial charge < -0.3 is 15.0 Å². The lowest BCUT2D eigenvalue weighted by molar-refractivity contribution is 0.0277. The second-order valence-corrected chi connectivity index (χ2v) is 9.96. The Balaban J connectivity index is 1.57. The number of carbonyl (C=O) groups excluding carboxylic acids is 2. The van der Waals surface area contributed by atoms with E-state index in [1.165, 1.54) is 0 Å². The third kappa shape index (κ3) is 4.67. The van der Waals surface area contributed by atoms with Gasteiger partial charge in [0.05, 0.1) is 17.4 Å². The van der Waals surface area contributed by atoms with Gasteiger partial charge in [0.15, 0.2) is 0 Å². The largest absolute Gasteiger partial charge is 0.444 e. The summed E-state index contributed by atoms with van der Waals surface area (Å²) in [5, 5.41) is 6.63. The van der Waals surface area contributed by atoms with E-state index in [2.05, 4.69) is 20.6 Å². The molecule has 2 saturated heterocycles. The molecule has 3 atom stereocenters. The van der Waals surface area contributed by atoms with E-state index in [-0.39, 0.29) is 23.4 Å². The van der Waals surface area contributed by atoms with Crippen molar-refractivity contribution in [1.29, 1.82) is 0 Å². The van der Waals surface area contributed by atoms with Crippen molar-refractivity contribution in [2.24, 2.45) is 5.92 Å². The maximum absolute atomic E-state index is 12.8. The summed E-state index contributed by atoms with van der Waals surface area (Å²) in [6.07, 6.45) is 4.66. The van der Waals surface area contributed by atoms with E-state index in [4.69, 9.17) is 4.74 Å². The van der Waals surface area contributed by atoms with Crippen LogP contribution in [-0.4, -0.2) is 56.8 Å². The number of thioether (sulfide) groups is 1. The molecule has 1 aromatic heterocycles. The fraction of sp³-hybridized carbons (Fsp3) is 0.455. The highest BCUT2D eigenvalue weighted by Crippen LogP contribution is 2.42. The first-order chi connectivity index (χ1) is 14.8. The second-order valence-electron chi connectivity index (χ2n) is 8.82. The van der Waals surface area contributed by atoms with Gasteiger partial charge >= 0.3 is 6.09 Å². The minimum atomic E-state index is -0.620. The summed E-state index contributed by atoms with van der Waals surface area (Å²) in [7, 11) is 0. The first-order valence-corrected chi connectivity index (χ1v) is 11.3. The molecule has 3 unspecified atom stereocenters. The highest BCUT2D eigenvalue weighted by Gasteiger charge is 2.54. The average molecular weight is 442 g/mol. The Kier molecular flexibility index (Phi) is 5.90. The molecule has 164 valence electrons. The number of aromatic nitrogens is 2. The molecule has 4 rings (SSSR count). The van der Waals surface area contributed by atoms with Crippen molar-refractivity contribution in [3.63, 3.8) is 0 Å². The van der Waals surface area contributed by atoms with Crippen LogP contribution < -0.4 is 10.6 Å². The quantitative estimate of drug-likeness (QED) is 0.756. The van der Waals surface area contributed by atoms with Gasteiger partial charge in [0, 0.05) is 42.7 Å². The Morgan fingerprint density at radius 2 is 2.03 bits per heavy atom. The SMILES string of the molecule is CC(C)(C)OC(=O)N1CC2CSC(NC(=O)c3ccccc3)NC2(c2cnccn2)C1. The molecule has 2 aromatic rings. The molecular weight excluding hydrogens is 414 g/mol. The van der Waals surface area contributed by atoms with Crippen molar-refractivity contribution >= 4 is 23.8 Å². The van der Waals surface area contributed by atoms with Gasteiger partial charge in [-0.2, -0.15) is 0 Å². The monoisotopic (exact) mass is 441 g/mol. The zero-order valence-corrected chi connectivity index (χ0v) is 18.7. The minimum Gasteiger partial charge on any atom is -0.444 e. The van der Waals surface area contributed by atoms with Crippen molar-refractivity contribution in [2.45, 2.75) is 37.4 Å². The van der Waals surface area contributed by atoms with Crippen LogP contribution in [0.25, 0.3) is 0 Å². The molecule has 2 aliphatic rings. The summed E-state index contributed by atoms with van der Waals surface area (Å²) in [6, 6.07) is 9.11. The van der Waals surface area contributed by atoms with Gasteiger partial charge in [-0.25, -0.2) is 4.79 Å². The summed E-state index contributed by atoms with van der Waals surface area (Å²) in [4.78, 5) is 36.0. The van der Waals surface area contributed by atoms with E-state index < -0.39 is 11.1 Å². The number of hydrogen-bond acceptors (Lipinski definition) is 7. The number of hydrogen-bond donors (Lipinski definition) is 2. The van der Waals surface area contributed by atoms with E-state index in [0.717, 1.165) is 11.4 Å². The van der Waals surface area contributed by atoms with Crippen LogP contribution in [0.2, 0.25) is 0 Å². The van der Waals surface area contributed by atoms with Crippen LogP contribution >= 0.6 is 11.8 Å². The van der Waals surface area contributed by atoms with Crippen LogP contribution in [0.15, 0.2) is 48.9 Å². The molecule has 0 aliphatic carbocycles. The number of nitrogens with zero attached hydrogens (tertiary/aromatic N) is 3. The number of carbonyl (C=O) groups is 2. The van der Waals surface area contributed by atoms with Gasteiger partial charge in [-0.15, -0.1) is 11.8 Å². The smallest absolute Gasteiger partial charge is 0.410 e. The van der Waals surface area contributed by atoms with E-state index >= 15 is 0 Å². The van der Waals surface area contributed by atoms with Gasteiger partial charge in [0.2, 0.25) is 0 Å². The zero-order chi connectivity index (χ0) is 22.1. The van der Waals surface area contributed by atoms with Crippen molar-refractivity contribution < 1.29 is 14.3 Å². The lowest BCUT2D eigenvalue weighted by Gasteiger charge is -2.42. The molecule has 1 aromatic carbocycles. The second kappa shape index (κ2) is 8.47. The maximum atomic E-state index is 12.8. The Labute approximate surface area is 186 Å². The molecule has 0 bridgehead atoms. The van der Waals surface area contributed by atoms with Crippen LogP contribution in [0, 0.1) is 5.92 Å². The fourth-order valence-electron chi connectivity index (χ4n) is 3.99. The zero-order valence-electron chi connectivity index (χ0n) is 17.9. The molecule has 0 radical (unpaired) electrons. The molecule has 9 heteroatoms. The molecule has 8 nitrogen and oxygen atoms in total. The molecule has 2 N–H and O–H groups in total. The first kappa shape index (κ1) is 21.6. The van der Waals surface area contributed by atoms with Gasteiger partial charge in [0.25, 0.3) is 5.91 Å². The molecule has 2 aliphatic heterocycles. The van der Waals surface area contributed by atoms with Crippen LogP contribution in [-0.2, 0) is 10.3 Å². The number of fused-ring (bicyclic) bond motifs is 1. The van der Waals surface area contributed by atoms with E-state index in [0.29, 0.717) is 18.7 Å². The standard InChI is InChI=1S/C22H27N5O3S/c1-21(2,3)30-20(29)27-12-16-13-31-19(25-18(28)15-7-5-4-6-8-15)26-22(16,14-27)17-11-23-9-10-24-17/h4-11,16,19,26H,12-14H2,1-3H3,(H,25,28). The lowest BCUT2D eigenvalue weighted by Crippen LogP contribution is -2.61. The lowest BCUT2D eigenvalue weighted by atomic mass is 9.85.